The minimum Gasteiger partial charge on any atom is -0.368 e. The van der Waals surface area contributed by atoms with Gasteiger partial charge in [0, 0.05) is 24.7 Å². The zero-order valence-electron chi connectivity index (χ0n) is 17.3. The minimum atomic E-state index is -0.626. The number of aromatic nitrogens is 3. The number of carbonyl (C=O) groups is 2. The predicted octanol–water partition coefficient (Wildman–Crippen LogP) is 2.05. The number of aryl methyl sites for hydroxylation is 1. The summed E-state index contributed by atoms with van der Waals surface area (Å²) in [6.07, 6.45) is 2.26. The van der Waals surface area contributed by atoms with E-state index < -0.39 is 11.9 Å². The van der Waals surface area contributed by atoms with Gasteiger partial charge in [-0.05, 0) is 33.5 Å². The summed E-state index contributed by atoms with van der Waals surface area (Å²) in [7, 11) is 3.85. The summed E-state index contributed by atoms with van der Waals surface area (Å²) in [4.78, 5) is 42.4. The number of amides is 3. The molecule has 1 aliphatic rings. The number of nitrogens with one attached hydrogen (secondary N) is 1. The van der Waals surface area contributed by atoms with E-state index in [1.54, 1.807) is 6.20 Å². The van der Waals surface area contributed by atoms with Crippen LogP contribution in [0.5, 0.6) is 0 Å². The van der Waals surface area contributed by atoms with E-state index in [9.17, 15) is 9.59 Å². The Labute approximate surface area is 174 Å². The van der Waals surface area contributed by atoms with Crippen molar-refractivity contribution >= 4 is 28.4 Å². The van der Waals surface area contributed by atoms with Crippen LogP contribution >= 0.6 is 11.3 Å². The summed E-state index contributed by atoms with van der Waals surface area (Å²) in [6.45, 7) is 6.39. The molecule has 0 aliphatic carbocycles. The van der Waals surface area contributed by atoms with Crippen LogP contribution in [0.15, 0.2) is 12.3 Å². The van der Waals surface area contributed by atoms with Gasteiger partial charge in [0.1, 0.15) is 11.9 Å². The number of nitrogens with two attached hydrogens (primary N) is 1. The lowest BCUT2D eigenvalue weighted by molar-refractivity contribution is -0.121. The number of carbonyl (C=O) groups excluding carboxylic acids is 2. The van der Waals surface area contributed by atoms with E-state index in [2.05, 4.69) is 20.3 Å². The average molecular weight is 418 g/mol. The standard InChI is InChI=1S/C19H27N7O2S/c1-10(2)17-21-7-6-13(23-17)15-11(3)22-18(29-15)24-19(28)26-9-12(25(4)5)8-14(26)16(20)27/h6-7,10,12,14H,8-9H2,1-5H3,(H2,20,27)(H,22,24,28)/t12-,14+/m1/s1. The monoisotopic (exact) mass is 417 g/mol. The van der Waals surface area contributed by atoms with Crippen LogP contribution in [0.1, 0.15) is 37.7 Å². The molecule has 2 aromatic heterocycles. The summed E-state index contributed by atoms with van der Waals surface area (Å²) in [5.41, 5.74) is 7.07. The molecule has 0 radical (unpaired) electrons. The molecular weight excluding hydrogens is 390 g/mol. The largest absolute Gasteiger partial charge is 0.368 e. The van der Waals surface area contributed by atoms with Gasteiger partial charge in [-0.25, -0.2) is 19.7 Å². The summed E-state index contributed by atoms with van der Waals surface area (Å²) >= 11 is 1.35. The third-order valence-corrected chi connectivity index (χ3v) is 6.13. The topological polar surface area (TPSA) is 117 Å². The molecular formula is C19H27N7O2S. The number of anilines is 1. The van der Waals surface area contributed by atoms with Crippen LogP contribution in [0.2, 0.25) is 0 Å². The lowest BCUT2D eigenvalue weighted by Crippen LogP contribution is -2.45. The van der Waals surface area contributed by atoms with Crippen molar-refractivity contribution in [2.75, 3.05) is 26.0 Å². The molecule has 0 spiro atoms. The summed E-state index contributed by atoms with van der Waals surface area (Å²) in [6, 6.07) is 0.924. The minimum absolute atomic E-state index is 0.0855. The molecule has 10 heteroatoms. The Hall–Kier alpha value is -2.59. The van der Waals surface area contributed by atoms with Crippen LogP contribution in [-0.2, 0) is 4.79 Å². The number of likely N-dealkylation sites (N-methyl/N-ethyl adjacent to an activating group) is 1. The van der Waals surface area contributed by atoms with Gasteiger partial charge in [0.2, 0.25) is 5.91 Å². The van der Waals surface area contributed by atoms with Crippen LogP contribution in [0.3, 0.4) is 0 Å². The Morgan fingerprint density at radius 2 is 2.07 bits per heavy atom. The summed E-state index contributed by atoms with van der Waals surface area (Å²) in [5.74, 6) is 0.479. The van der Waals surface area contributed by atoms with Crippen LogP contribution < -0.4 is 11.1 Å². The van der Waals surface area contributed by atoms with Gasteiger partial charge in [0.05, 0.1) is 16.3 Å². The molecule has 0 saturated carbocycles. The number of urea groups is 1. The van der Waals surface area contributed by atoms with Crippen molar-refractivity contribution in [3.8, 4) is 10.6 Å². The quantitative estimate of drug-likeness (QED) is 0.769. The smallest absolute Gasteiger partial charge is 0.324 e. The summed E-state index contributed by atoms with van der Waals surface area (Å²) < 4.78 is 0. The SMILES string of the molecule is Cc1nc(NC(=O)N2C[C@H](N(C)C)C[C@H]2C(N)=O)sc1-c1ccnc(C(C)C)n1. The second kappa shape index (κ2) is 8.42. The molecule has 0 aromatic carbocycles. The Morgan fingerprint density at radius 1 is 1.34 bits per heavy atom. The predicted molar refractivity (Wildman–Crippen MR) is 113 cm³/mol. The van der Waals surface area contributed by atoms with E-state index >= 15 is 0 Å². The first kappa shape index (κ1) is 21.1. The molecule has 3 heterocycles. The zero-order chi connectivity index (χ0) is 21.3. The fraction of sp³-hybridized carbons (Fsp3) is 0.526. The van der Waals surface area contributed by atoms with Crippen molar-refractivity contribution < 1.29 is 9.59 Å². The van der Waals surface area contributed by atoms with Crippen LogP contribution in [0.25, 0.3) is 10.6 Å². The van der Waals surface area contributed by atoms with Crippen molar-refractivity contribution in [2.24, 2.45) is 5.73 Å². The van der Waals surface area contributed by atoms with Gasteiger partial charge in [0.25, 0.3) is 0 Å². The molecule has 2 atom stereocenters. The fourth-order valence-electron chi connectivity index (χ4n) is 3.31. The van der Waals surface area contributed by atoms with Crippen LogP contribution in [-0.4, -0.2) is 69.4 Å². The average Bonchev–Trinajstić information content (AvgIpc) is 3.26. The Balaban J connectivity index is 1.79. The molecule has 1 saturated heterocycles. The Bertz CT molecular complexity index is 912. The van der Waals surface area contributed by atoms with Crippen molar-refractivity contribution in [1.29, 1.82) is 0 Å². The number of nitrogens with zero attached hydrogens (tertiary/aromatic N) is 5. The maximum absolute atomic E-state index is 12.8. The maximum Gasteiger partial charge on any atom is 0.324 e. The molecule has 0 unspecified atom stereocenters. The van der Waals surface area contributed by atoms with Crippen molar-refractivity contribution in [3.05, 3.63) is 23.8 Å². The van der Waals surface area contributed by atoms with Gasteiger partial charge in [0.15, 0.2) is 5.13 Å². The molecule has 29 heavy (non-hydrogen) atoms. The number of hydrogen-bond donors (Lipinski definition) is 2. The second-order valence-corrected chi connectivity index (χ2v) is 8.74. The summed E-state index contributed by atoms with van der Waals surface area (Å²) in [5, 5.41) is 3.28. The van der Waals surface area contributed by atoms with E-state index in [0.29, 0.717) is 18.1 Å². The molecule has 1 aliphatic heterocycles. The molecule has 156 valence electrons. The van der Waals surface area contributed by atoms with E-state index in [4.69, 9.17) is 5.73 Å². The maximum atomic E-state index is 12.8. The van der Waals surface area contributed by atoms with Gasteiger partial charge < -0.3 is 15.5 Å². The van der Waals surface area contributed by atoms with Gasteiger partial charge in [-0.15, -0.1) is 0 Å². The van der Waals surface area contributed by atoms with Gasteiger partial charge in [-0.1, -0.05) is 25.2 Å². The first-order valence-corrected chi connectivity index (χ1v) is 10.3. The molecule has 2 aromatic rings. The second-order valence-electron chi connectivity index (χ2n) is 7.74. The van der Waals surface area contributed by atoms with Gasteiger partial charge in [-0.2, -0.15) is 0 Å². The molecule has 1 fully saturated rings. The van der Waals surface area contributed by atoms with Crippen LogP contribution in [0.4, 0.5) is 9.93 Å². The van der Waals surface area contributed by atoms with Crippen LogP contribution in [0, 0.1) is 6.92 Å². The fourth-order valence-corrected chi connectivity index (χ4v) is 4.24. The van der Waals surface area contributed by atoms with E-state index in [-0.39, 0.29) is 18.0 Å². The van der Waals surface area contributed by atoms with Gasteiger partial charge >= 0.3 is 6.03 Å². The van der Waals surface area contributed by atoms with Crippen molar-refractivity contribution in [1.82, 2.24) is 24.8 Å². The van der Waals surface area contributed by atoms with Crippen molar-refractivity contribution in [3.63, 3.8) is 0 Å². The number of likely N-dealkylation sites (tertiary alicyclic amines) is 1. The van der Waals surface area contributed by atoms with E-state index in [1.807, 2.05) is 45.8 Å². The molecule has 0 bridgehead atoms. The molecule has 3 rings (SSSR count). The first-order valence-electron chi connectivity index (χ1n) is 9.51. The molecule has 9 nitrogen and oxygen atoms in total. The number of primary amides is 1. The normalized spacial score (nSPS) is 19.2. The highest BCUT2D eigenvalue weighted by Gasteiger charge is 2.39. The Morgan fingerprint density at radius 3 is 2.69 bits per heavy atom. The van der Waals surface area contributed by atoms with E-state index in [1.165, 1.54) is 16.2 Å². The number of thiazole rings is 1. The first-order chi connectivity index (χ1) is 13.7. The zero-order valence-corrected chi connectivity index (χ0v) is 18.2. The number of rotatable bonds is 5. The third-order valence-electron chi connectivity index (χ3n) is 5.03. The Kier molecular flexibility index (Phi) is 6.13. The van der Waals surface area contributed by atoms with Crippen molar-refractivity contribution in [2.45, 2.75) is 45.2 Å². The highest BCUT2D eigenvalue weighted by molar-refractivity contribution is 7.19. The third kappa shape index (κ3) is 4.54. The molecule has 3 N–H and O–H groups in total. The lowest BCUT2D eigenvalue weighted by atomic mass is 10.1. The molecule has 3 amide bonds. The highest BCUT2D eigenvalue weighted by Crippen LogP contribution is 2.32. The van der Waals surface area contributed by atoms with Gasteiger partial charge in [-0.3, -0.25) is 10.1 Å². The van der Waals surface area contributed by atoms with E-state index in [0.717, 1.165) is 22.1 Å². The highest BCUT2D eigenvalue weighted by atomic mass is 32.1. The number of hydrogen-bond acceptors (Lipinski definition) is 7. The lowest BCUT2D eigenvalue weighted by Gasteiger charge is -2.22.